The zero-order chi connectivity index (χ0) is 31.4. The van der Waals surface area contributed by atoms with Crippen LogP contribution in [0.5, 0.6) is 0 Å². The molecule has 43 heavy (non-hydrogen) atoms. The van der Waals surface area contributed by atoms with E-state index in [0.717, 1.165) is 0 Å². The molecule has 0 aromatic carbocycles. The van der Waals surface area contributed by atoms with Crippen LogP contribution in [0, 0.1) is 0 Å². The maximum Gasteiger partial charge on any atom is 0.0782 e. The van der Waals surface area contributed by atoms with Gasteiger partial charge in [0.05, 0.1) is 27.2 Å². The number of rotatable bonds is 38. The van der Waals surface area contributed by atoms with Gasteiger partial charge in [0.1, 0.15) is 0 Å². The Hall–Kier alpha value is -0.0400. The summed E-state index contributed by atoms with van der Waals surface area (Å²) in [6.45, 7) is 7.39. The molecular weight excluding hydrogens is 518 g/mol. The lowest BCUT2D eigenvalue weighted by Gasteiger charge is -2.30. The molecule has 0 rings (SSSR count). The Balaban J connectivity index is 3.24. The normalized spacial score (nSPS) is 12.0. The van der Waals surface area contributed by atoms with E-state index in [2.05, 4.69) is 27.9 Å². The first-order valence-electron chi connectivity index (χ1n) is 20.9. The molecule has 0 radical (unpaired) electrons. The third kappa shape index (κ3) is 38.1. The van der Waals surface area contributed by atoms with Gasteiger partial charge in [-0.15, -0.1) is 0 Å². The molecule has 0 amide bonds. The second kappa shape index (κ2) is 36.4. The van der Waals surface area contributed by atoms with Crippen molar-refractivity contribution in [1.29, 1.82) is 0 Å². The van der Waals surface area contributed by atoms with Crippen molar-refractivity contribution in [3.05, 3.63) is 0 Å². The van der Waals surface area contributed by atoms with E-state index in [1.165, 1.54) is 249 Å². The van der Waals surface area contributed by atoms with Crippen LogP contribution in [-0.4, -0.2) is 31.7 Å². The molecule has 0 aliphatic carbocycles. The maximum atomic E-state index is 2.47. The number of hydrogen-bond acceptors (Lipinski definition) is 0. The molecule has 1 nitrogen and oxygen atoms in total. The third-order valence-corrected chi connectivity index (χ3v) is 10.2. The number of nitrogens with zero attached hydrogens (tertiary/aromatic N) is 1. The molecule has 0 atom stereocenters. The van der Waals surface area contributed by atoms with Gasteiger partial charge in [-0.25, -0.2) is 0 Å². The predicted molar refractivity (Wildman–Crippen MR) is 199 cm³/mol. The van der Waals surface area contributed by atoms with Gasteiger partial charge in [0, 0.05) is 0 Å². The van der Waals surface area contributed by atoms with Gasteiger partial charge in [0.2, 0.25) is 0 Å². The van der Waals surface area contributed by atoms with Gasteiger partial charge in [-0.1, -0.05) is 219 Å². The maximum absolute atomic E-state index is 2.47. The molecular formula is C42H88N+. The van der Waals surface area contributed by atoms with Crippen LogP contribution in [0.15, 0.2) is 0 Å². The van der Waals surface area contributed by atoms with Gasteiger partial charge < -0.3 is 4.48 Å². The Kier molecular flexibility index (Phi) is 36.4. The van der Waals surface area contributed by atoms with E-state index in [-0.39, 0.29) is 0 Å². The SMILES string of the molecule is CCCCCCCCCCCCCCCCCCCCCCCC[N+](C)(C)CCCCCCCCCCCCCCCC. The van der Waals surface area contributed by atoms with Gasteiger partial charge in [-0.2, -0.15) is 0 Å². The highest BCUT2D eigenvalue weighted by molar-refractivity contribution is 4.53. The summed E-state index contributed by atoms with van der Waals surface area (Å²) < 4.78 is 1.25. The average Bonchev–Trinajstić information content (AvgIpc) is 3.00. The fourth-order valence-corrected chi connectivity index (χ4v) is 6.99. The van der Waals surface area contributed by atoms with Crippen LogP contribution in [-0.2, 0) is 0 Å². The standard InChI is InChI=1S/C42H88N/c1-5-7-9-11-13-15-17-19-21-22-23-24-25-26-27-28-30-32-34-36-38-40-42-43(3,4)41-39-37-35-33-31-29-20-18-16-14-12-10-8-6-2/h5-42H2,1-4H3/q+1. The van der Waals surface area contributed by atoms with Crippen molar-refractivity contribution in [1.82, 2.24) is 0 Å². The van der Waals surface area contributed by atoms with Gasteiger partial charge in [0.15, 0.2) is 0 Å². The Morgan fingerprint density at radius 2 is 0.349 bits per heavy atom. The summed E-state index contributed by atoms with van der Waals surface area (Å²) in [5.74, 6) is 0. The highest BCUT2D eigenvalue weighted by Gasteiger charge is 2.13. The topological polar surface area (TPSA) is 0 Å². The first kappa shape index (κ1) is 43.0. The fraction of sp³-hybridized carbons (Fsp3) is 1.00. The number of quaternary nitrogens is 1. The quantitative estimate of drug-likeness (QED) is 0.0484. The fourth-order valence-electron chi connectivity index (χ4n) is 6.99. The van der Waals surface area contributed by atoms with Gasteiger partial charge >= 0.3 is 0 Å². The van der Waals surface area contributed by atoms with Crippen LogP contribution < -0.4 is 0 Å². The van der Waals surface area contributed by atoms with E-state index in [9.17, 15) is 0 Å². The van der Waals surface area contributed by atoms with Crippen LogP contribution in [0.2, 0.25) is 0 Å². The zero-order valence-corrected chi connectivity index (χ0v) is 31.3. The lowest BCUT2D eigenvalue weighted by atomic mass is 10.0. The molecule has 0 fully saturated rings. The van der Waals surface area contributed by atoms with Gasteiger partial charge in [-0.3, -0.25) is 0 Å². The van der Waals surface area contributed by atoms with Gasteiger partial charge in [0.25, 0.3) is 0 Å². The molecule has 0 bridgehead atoms. The lowest BCUT2D eigenvalue weighted by Crippen LogP contribution is -2.41. The molecule has 0 aromatic rings. The predicted octanol–water partition coefficient (Wildman–Crippen LogP) is 15.1. The highest BCUT2D eigenvalue weighted by atomic mass is 15.3. The molecule has 0 saturated heterocycles. The zero-order valence-electron chi connectivity index (χ0n) is 31.3. The van der Waals surface area contributed by atoms with Crippen molar-refractivity contribution in [3.8, 4) is 0 Å². The second-order valence-electron chi connectivity index (χ2n) is 15.4. The van der Waals surface area contributed by atoms with E-state index < -0.39 is 0 Å². The Bertz CT molecular complexity index is 483. The van der Waals surface area contributed by atoms with Crippen molar-refractivity contribution in [2.75, 3.05) is 27.2 Å². The number of unbranched alkanes of at least 4 members (excludes halogenated alkanes) is 34. The molecule has 0 saturated carbocycles. The molecule has 0 aliphatic rings. The van der Waals surface area contributed by atoms with Crippen molar-refractivity contribution in [2.24, 2.45) is 0 Å². The van der Waals surface area contributed by atoms with E-state index in [4.69, 9.17) is 0 Å². The van der Waals surface area contributed by atoms with Crippen LogP contribution in [0.25, 0.3) is 0 Å². The Labute approximate surface area is 276 Å². The van der Waals surface area contributed by atoms with E-state index in [1.807, 2.05) is 0 Å². The van der Waals surface area contributed by atoms with Gasteiger partial charge in [-0.05, 0) is 25.7 Å². The molecule has 0 heterocycles. The summed E-state index contributed by atoms with van der Waals surface area (Å²) in [6, 6.07) is 0. The lowest BCUT2D eigenvalue weighted by molar-refractivity contribution is -0.890. The minimum absolute atomic E-state index is 1.25. The number of hydrogen-bond donors (Lipinski definition) is 0. The van der Waals surface area contributed by atoms with Crippen LogP contribution in [0.4, 0.5) is 0 Å². The van der Waals surface area contributed by atoms with Crippen molar-refractivity contribution < 1.29 is 4.48 Å². The molecule has 0 aromatic heterocycles. The third-order valence-electron chi connectivity index (χ3n) is 10.2. The van der Waals surface area contributed by atoms with Crippen molar-refractivity contribution in [3.63, 3.8) is 0 Å². The largest absolute Gasteiger partial charge is 0.328 e. The first-order valence-corrected chi connectivity index (χ1v) is 20.9. The van der Waals surface area contributed by atoms with E-state index in [1.54, 1.807) is 0 Å². The van der Waals surface area contributed by atoms with E-state index >= 15 is 0 Å². The second-order valence-corrected chi connectivity index (χ2v) is 15.4. The summed E-state index contributed by atoms with van der Waals surface area (Å²) in [7, 11) is 4.94. The summed E-state index contributed by atoms with van der Waals surface area (Å²) >= 11 is 0. The Morgan fingerprint density at radius 3 is 0.512 bits per heavy atom. The average molecular weight is 607 g/mol. The van der Waals surface area contributed by atoms with Crippen LogP contribution in [0.1, 0.15) is 245 Å². The monoisotopic (exact) mass is 607 g/mol. The molecule has 0 unspecified atom stereocenters. The van der Waals surface area contributed by atoms with Crippen molar-refractivity contribution in [2.45, 2.75) is 245 Å². The van der Waals surface area contributed by atoms with Crippen molar-refractivity contribution >= 4 is 0 Å². The summed E-state index contributed by atoms with van der Waals surface area (Å²) in [6.07, 6.45) is 52.9. The smallest absolute Gasteiger partial charge is 0.0782 e. The summed E-state index contributed by atoms with van der Waals surface area (Å²) in [4.78, 5) is 0. The summed E-state index contributed by atoms with van der Waals surface area (Å²) in [5.41, 5.74) is 0. The molecule has 0 N–H and O–H groups in total. The molecule has 0 aliphatic heterocycles. The van der Waals surface area contributed by atoms with Crippen LogP contribution in [0.3, 0.4) is 0 Å². The first-order chi connectivity index (χ1) is 21.1. The highest BCUT2D eigenvalue weighted by Crippen LogP contribution is 2.17. The Morgan fingerprint density at radius 1 is 0.209 bits per heavy atom. The molecule has 0 spiro atoms. The van der Waals surface area contributed by atoms with Crippen LogP contribution >= 0.6 is 0 Å². The summed E-state index contributed by atoms with van der Waals surface area (Å²) in [5, 5.41) is 0. The minimum Gasteiger partial charge on any atom is -0.328 e. The minimum atomic E-state index is 1.25. The van der Waals surface area contributed by atoms with E-state index in [0.29, 0.717) is 0 Å². The molecule has 1 heteroatoms. The molecule has 260 valence electrons.